The summed E-state index contributed by atoms with van der Waals surface area (Å²) in [6.45, 7) is 2.29. The van der Waals surface area contributed by atoms with Crippen LogP contribution in [0, 0.1) is 5.41 Å². The number of fused-ring (bicyclic) bond motifs is 1. The Kier molecular flexibility index (Phi) is 5.48. The molecule has 4 heterocycles. The third-order valence-electron chi connectivity index (χ3n) is 6.78. The second-order valence-corrected chi connectivity index (χ2v) is 8.99. The summed E-state index contributed by atoms with van der Waals surface area (Å²) in [5, 5.41) is 21.3. The fourth-order valence-corrected chi connectivity index (χ4v) is 4.68. The van der Waals surface area contributed by atoms with Crippen molar-refractivity contribution in [2.45, 2.75) is 18.9 Å². The Morgan fingerprint density at radius 2 is 1.69 bits per heavy atom. The van der Waals surface area contributed by atoms with E-state index in [2.05, 4.69) is 51.2 Å². The van der Waals surface area contributed by atoms with Crippen molar-refractivity contribution in [2.24, 2.45) is 5.41 Å². The Balaban J connectivity index is 1.19. The highest BCUT2D eigenvalue weighted by Crippen LogP contribution is 2.31. The summed E-state index contributed by atoms with van der Waals surface area (Å²) >= 11 is 0. The molecular formula is C24H28N5O3+. The number of likely N-dealkylation sites (tertiary alicyclic amines) is 1. The van der Waals surface area contributed by atoms with E-state index in [4.69, 9.17) is 0 Å². The van der Waals surface area contributed by atoms with Crippen molar-refractivity contribution in [3.8, 4) is 0 Å². The van der Waals surface area contributed by atoms with E-state index in [1.165, 1.54) is 10.8 Å². The summed E-state index contributed by atoms with van der Waals surface area (Å²) in [5.41, 5.74) is 0.00674. The maximum absolute atomic E-state index is 12.9. The predicted octanol–water partition coefficient (Wildman–Crippen LogP) is 1.19. The molecule has 3 aromatic rings. The van der Waals surface area contributed by atoms with Crippen molar-refractivity contribution < 1.29 is 19.6 Å². The van der Waals surface area contributed by atoms with E-state index in [1.807, 2.05) is 15.9 Å². The Morgan fingerprint density at radius 3 is 2.34 bits per heavy atom. The van der Waals surface area contributed by atoms with E-state index in [0.717, 1.165) is 12.8 Å². The lowest BCUT2D eigenvalue weighted by Gasteiger charge is -2.48. The van der Waals surface area contributed by atoms with Crippen molar-refractivity contribution in [2.75, 3.05) is 44.3 Å². The summed E-state index contributed by atoms with van der Waals surface area (Å²) in [4.78, 5) is 25.4. The van der Waals surface area contributed by atoms with Gasteiger partial charge in [0.2, 0.25) is 5.95 Å². The minimum Gasteiger partial charge on any atom is -0.396 e. The zero-order valence-corrected chi connectivity index (χ0v) is 18.0. The number of aliphatic hydroxyl groups is 2. The lowest BCUT2D eigenvalue weighted by atomic mass is 9.82. The van der Waals surface area contributed by atoms with Gasteiger partial charge in [-0.05, 0) is 11.5 Å². The molecule has 32 heavy (non-hydrogen) atoms. The highest BCUT2D eigenvalue weighted by atomic mass is 16.3. The summed E-state index contributed by atoms with van der Waals surface area (Å²) in [6.07, 6.45) is 9.30. The highest BCUT2D eigenvalue weighted by molar-refractivity contribution is 5.93. The topological polar surface area (TPSA) is 93.7 Å². The zero-order chi connectivity index (χ0) is 22.1. The van der Waals surface area contributed by atoms with Crippen LogP contribution in [0.5, 0.6) is 0 Å². The average molecular weight is 435 g/mol. The van der Waals surface area contributed by atoms with Gasteiger partial charge in [-0.3, -0.25) is 4.79 Å². The second kappa shape index (κ2) is 8.44. The average Bonchev–Trinajstić information content (AvgIpc) is 2.84. The molecule has 1 aromatic carbocycles. The lowest BCUT2D eigenvalue weighted by molar-refractivity contribution is -0.724. The monoisotopic (exact) mass is 434 g/mol. The molecule has 2 saturated heterocycles. The lowest BCUT2D eigenvalue weighted by Crippen LogP contribution is -2.61. The molecule has 1 amide bonds. The number of hydrogen-bond acceptors (Lipinski definition) is 6. The van der Waals surface area contributed by atoms with Crippen LogP contribution in [0.25, 0.3) is 10.8 Å². The Labute approximate surface area is 186 Å². The van der Waals surface area contributed by atoms with Gasteiger partial charge in [0, 0.05) is 62.9 Å². The van der Waals surface area contributed by atoms with Gasteiger partial charge in [-0.15, -0.1) is 0 Å². The molecule has 0 bridgehead atoms. The standard InChI is InChI=1S/C24H28N5O3/c30-16-24(17-31)14-29(15-24)23-25-11-20(12-26-23)22(32)27-9-6-21(7-10-27)28-8-5-18-3-1-2-4-19(18)13-28/h1-5,8,11-13,21,30-31H,6-7,9-10,14-17H2/q+1. The minimum absolute atomic E-state index is 0.0396. The van der Waals surface area contributed by atoms with Crippen LogP contribution in [0.1, 0.15) is 29.2 Å². The smallest absolute Gasteiger partial charge is 0.257 e. The van der Waals surface area contributed by atoms with Crippen LogP contribution in [0.4, 0.5) is 5.95 Å². The van der Waals surface area contributed by atoms with Gasteiger partial charge in [0.1, 0.15) is 0 Å². The fourth-order valence-electron chi connectivity index (χ4n) is 4.68. The molecule has 0 spiro atoms. The first kappa shape index (κ1) is 20.8. The molecule has 2 fully saturated rings. The first-order chi connectivity index (χ1) is 15.6. The maximum atomic E-state index is 12.9. The van der Waals surface area contributed by atoms with Crippen LogP contribution in [-0.4, -0.2) is 70.4 Å². The van der Waals surface area contributed by atoms with Gasteiger partial charge in [-0.25, -0.2) is 14.5 Å². The van der Waals surface area contributed by atoms with Gasteiger partial charge >= 0.3 is 0 Å². The van der Waals surface area contributed by atoms with Crippen molar-refractivity contribution >= 4 is 22.6 Å². The van der Waals surface area contributed by atoms with Gasteiger partial charge in [0.05, 0.1) is 24.2 Å². The molecule has 0 atom stereocenters. The number of nitrogens with zero attached hydrogens (tertiary/aromatic N) is 5. The molecule has 5 rings (SSSR count). The summed E-state index contributed by atoms with van der Waals surface area (Å²) < 4.78 is 2.27. The SMILES string of the molecule is O=C(c1cnc(N2CC(CO)(CO)C2)nc1)N1CCC([n+]2ccc3ccccc3c2)CC1. The zero-order valence-electron chi connectivity index (χ0n) is 18.0. The quantitative estimate of drug-likeness (QED) is 0.586. The third-order valence-corrected chi connectivity index (χ3v) is 6.78. The number of anilines is 1. The van der Waals surface area contributed by atoms with E-state index in [-0.39, 0.29) is 19.1 Å². The van der Waals surface area contributed by atoms with Crippen molar-refractivity contribution in [3.05, 3.63) is 60.7 Å². The summed E-state index contributed by atoms with van der Waals surface area (Å²) in [5.74, 6) is 0.479. The minimum atomic E-state index is -0.481. The molecule has 2 aromatic heterocycles. The van der Waals surface area contributed by atoms with Crippen LogP contribution in [0.2, 0.25) is 0 Å². The Bertz CT molecular complexity index is 1100. The van der Waals surface area contributed by atoms with Crippen molar-refractivity contribution in [1.29, 1.82) is 0 Å². The molecule has 2 aliphatic rings. The van der Waals surface area contributed by atoms with Gasteiger partial charge in [-0.1, -0.05) is 18.2 Å². The van der Waals surface area contributed by atoms with Gasteiger partial charge in [0.15, 0.2) is 18.4 Å². The summed E-state index contributed by atoms with van der Waals surface area (Å²) in [6, 6.07) is 10.9. The number of piperidine rings is 1. The largest absolute Gasteiger partial charge is 0.396 e. The van der Waals surface area contributed by atoms with Crippen molar-refractivity contribution in [3.63, 3.8) is 0 Å². The Hall–Kier alpha value is -3.10. The second-order valence-electron chi connectivity index (χ2n) is 8.99. The number of carbonyl (C=O) groups excluding carboxylic acids is 1. The predicted molar refractivity (Wildman–Crippen MR) is 119 cm³/mol. The van der Waals surface area contributed by atoms with Crippen molar-refractivity contribution in [1.82, 2.24) is 14.9 Å². The molecule has 0 aliphatic carbocycles. The van der Waals surface area contributed by atoms with Crippen LogP contribution in [0.3, 0.4) is 0 Å². The molecule has 2 aliphatic heterocycles. The Morgan fingerprint density at radius 1 is 1.03 bits per heavy atom. The molecule has 0 unspecified atom stereocenters. The van der Waals surface area contributed by atoms with E-state index in [9.17, 15) is 15.0 Å². The molecule has 0 radical (unpaired) electrons. The van der Waals surface area contributed by atoms with E-state index in [1.54, 1.807) is 12.4 Å². The van der Waals surface area contributed by atoms with Crippen LogP contribution >= 0.6 is 0 Å². The van der Waals surface area contributed by atoms with E-state index < -0.39 is 5.41 Å². The molecule has 0 saturated carbocycles. The number of benzene rings is 1. The fraction of sp³-hybridized carbons (Fsp3) is 0.417. The number of hydrogen-bond donors (Lipinski definition) is 2. The molecule has 166 valence electrons. The number of aliphatic hydroxyl groups excluding tert-OH is 2. The molecule has 8 nitrogen and oxygen atoms in total. The normalized spacial score (nSPS) is 18.6. The summed E-state index contributed by atoms with van der Waals surface area (Å²) in [7, 11) is 0. The third kappa shape index (κ3) is 3.80. The molecule has 2 N–H and O–H groups in total. The molecule has 8 heteroatoms. The van der Waals surface area contributed by atoms with Gasteiger partial charge < -0.3 is 20.0 Å². The number of amides is 1. The van der Waals surface area contributed by atoms with Crippen LogP contribution in [0.15, 0.2) is 55.1 Å². The molecular weight excluding hydrogens is 406 g/mol. The van der Waals surface area contributed by atoms with E-state index in [0.29, 0.717) is 43.7 Å². The number of rotatable bonds is 5. The number of carbonyl (C=O) groups is 1. The highest BCUT2D eigenvalue weighted by Gasteiger charge is 2.43. The van der Waals surface area contributed by atoms with Crippen LogP contribution in [-0.2, 0) is 0 Å². The first-order valence-corrected chi connectivity index (χ1v) is 11.1. The first-order valence-electron chi connectivity index (χ1n) is 11.1. The number of aromatic nitrogens is 3. The van der Waals surface area contributed by atoms with Crippen LogP contribution < -0.4 is 9.47 Å². The van der Waals surface area contributed by atoms with Gasteiger partial charge in [0.25, 0.3) is 5.91 Å². The maximum Gasteiger partial charge on any atom is 0.257 e. The van der Waals surface area contributed by atoms with E-state index >= 15 is 0 Å². The number of pyridine rings is 1. The van der Waals surface area contributed by atoms with Gasteiger partial charge in [-0.2, -0.15) is 0 Å².